The number of amides is 1. The number of hydrogen-bond donors (Lipinski definition) is 1. The normalized spacial score (nSPS) is 17.3. The molecule has 0 saturated carbocycles. The fourth-order valence-corrected chi connectivity index (χ4v) is 8.25. The van der Waals surface area contributed by atoms with Crippen LogP contribution in [0.3, 0.4) is 0 Å². The zero-order chi connectivity index (χ0) is 37.0. The number of pyridine rings is 1. The number of nitrogens with zero attached hydrogens (tertiary/aromatic N) is 2. The summed E-state index contributed by atoms with van der Waals surface area (Å²) in [5, 5.41) is 3.11. The van der Waals surface area contributed by atoms with Crippen molar-refractivity contribution in [3.05, 3.63) is 107 Å². The van der Waals surface area contributed by atoms with Crippen molar-refractivity contribution in [3.63, 3.8) is 0 Å². The maximum absolute atomic E-state index is 13.8. The summed E-state index contributed by atoms with van der Waals surface area (Å²) in [5.41, 5.74) is 8.82. The highest BCUT2D eigenvalue weighted by Crippen LogP contribution is 2.34. The van der Waals surface area contributed by atoms with Gasteiger partial charge in [-0.15, -0.1) is 0 Å². The van der Waals surface area contributed by atoms with Gasteiger partial charge < -0.3 is 29.0 Å². The number of aromatic nitrogens is 1. The van der Waals surface area contributed by atoms with Crippen LogP contribution in [0.1, 0.15) is 74.8 Å². The van der Waals surface area contributed by atoms with Gasteiger partial charge in [-0.3, -0.25) is 9.78 Å². The van der Waals surface area contributed by atoms with E-state index in [9.17, 15) is 9.35 Å². The molecule has 1 fully saturated rings. The summed E-state index contributed by atoms with van der Waals surface area (Å²) in [6, 6.07) is 24.1. The van der Waals surface area contributed by atoms with Crippen LogP contribution in [-0.2, 0) is 37.6 Å². The number of ether oxygens (including phenoxy) is 3. The monoisotopic (exact) mass is 735 g/mol. The van der Waals surface area contributed by atoms with Gasteiger partial charge in [0.2, 0.25) is 0 Å². The van der Waals surface area contributed by atoms with E-state index >= 15 is 0 Å². The van der Waals surface area contributed by atoms with Gasteiger partial charge in [-0.1, -0.05) is 38.5 Å². The van der Waals surface area contributed by atoms with Gasteiger partial charge >= 0.3 is 0 Å². The summed E-state index contributed by atoms with van der Waals surface area (Å²) in [7, 11) is 0. The molecule has 8 nitrogen and oxygen atoms in total. The van der Waals surface area contributed by atoms with Gasteiger partial charge in [0.05, 0.1) is 12.7 Å². The van der Waals surface area contributed by atoms with E-state index in [0.717, 1.165) is 115 Å². The molecule has 6 rings (SSSR count). The fourth-order valence-electron chi connectivity index (χ4n) is 6.99. The number of hydrogen-bond acceptors (Lipinski definition) is 7. The van der Waals surface area contributed by atoms with Crippen molar-refractivity contribution in [1.82, 2.24) is 4.98 Å². The zero-order valence-electron chi connectivity index (χ0n) is 31.4. The van der Waals surface area contributed by atoms with Crippen LogP contribution in [0.15, 0.2) is 89.5 Å². The van der Waals surface area contributed by atoms with Crippen molar-refractivity contribution in [2.75, 3.05) is 49.7 Å². The summed E-state index contributed by atoms with van der Waals surface area (Å²) >= 11 is -1.23. The van der Waals surface area contributed by atoms with Gasteiger partial charge in [-0.25, -0.2) is 0 Å². The SMILES string of the molecule is CCCCOCCOc1ccc(-c2ccc3c(c2)/C=C(/C(=O)Nc2ccc([S@+]([O-])Cc4c(CC)ccnc4C)cc2)CCCN3C[C@H]2CCCO2)cc1. The molecule has 1 saturated heterocycles. The summed E-state index contributed by atoms with van der Waals surface area (Å²) in [6.07, 6.45) is 10.8. The number of benzene rings is 3. The molecule has 0 spiro atoms. The first kappa shape index (κ1) is 38.6. The van der Waals surface area contributed by atoms with Gasteiger partial charge in [0.25, 0.3) is 5.91 Å². The van der Waals surface area contributed by atoms with Crippen molar-refractivity contribution in [3.8, 4) is 16.9 Å². The molecule has 1 amide bonds. The first-order valence-electron chi connectivity index (χ1n) is 19.2. The van der Waals surface area contributed by atoms with E-state index in [1.807, 2.05) is 55.6 Å². The molecule has 0 bridgehead atoms. The highest BCUT2D eigenvalue weighted by molar-refractivity contribution is 7.90. The molecule has 280 valence electrons. The molecular formula is C44H53N3O5S. The molecule has 53 heavy (non-hydrogen) atoms. The molecule has 1 N–H and O–H groups in total. The lowest BCUT2D eigenvalue weighted by Crippen LogP contribution is -2.34. The summed E-state index contributed by atoms with van der Waals surface area (Å²) in [4.78, 5) is 21.4. The number of anilines is 2. The minimum Gasteiger partial charge on any atom is -0.611 e. The quantitative estimate of drug-likeness (QED) is 0.0907. The second kappa shape index (κ2) is 19.3. The van der Waals surface area contributed by atoms with Crippen LogP contribution in [0.25, 0.3) is 17.2 Å². The average Bonchev–Trinajstić information content (AvgIpc) is 3.69. The Morgan fingerprint density at radius 2 is 1.81 bits per heavy atom. The second-order valence-corrected chi connectivity index (χ2v) is 15.3. The number of nitrogens with one attached hydrogen (secondary N) is 1. The van der Waals surface area contributed by atoms with Crippen LogP contribution in [0.4, 0.5) is 11.4 Å². The summed E-state index contributed by atoms with van der Waals surface area (Å²) in [5.74, 6) is 1.11. The van der Waals surface area contributed by atoms with E-state index in [0.29, 0.717) is 31.1 Å². The van der Waals surface area contributed by atoms with Crippen molar-refractivity contribution in [2.45, 2.75) is 82.5 Å². The Morgan fingerprint density at radius 1 is 1.00 bits per heavy atom. The topological polar surface area (TPSA) is 96.0 Å². The number of carbonyl (C=O) groups excluding carboxylic acids is 1. The van der Waals surface area contributed by atoms with Crippen LogP contribution in [-0.4, -0.2) is 61.1 Å². The standard InChI is InChI=1S/C44H53N3O5S/c1-4-6-24-50-26-27-52-39-16-11-34(12-17-39)35-13-20-43-37(28-35)29-36(9-7-23-47(43)30-40-10-8-25-51-40)44(48)46-38-14-18-41(19-15-38)53(49)31-42-32(3)45-22-21-33(42)5-2/h11-22,28-29,40H,4-10,23-27,30-31H2,1-3H3,(H,46,48)/b36-29+/t40-,53-/m1/s1. The Labute approximate surface area is 318 Å². The van der Waals surface area contributed by atoms with Crippen molar-refractivity contribution < 1.29 is 23.6 Å². The van der Waals surface area contributed by atoms with Crippen LogP contribution in [0, 0.1) is 6.92 Å². The van der Waals surface area contributed by atoms with Gasteiger partial charge in [-0.05, 0) is 140 Å². The molecule has 2 aliphatic rings. The third kappa shape index (κ3) is 10.5. The largest absolute Gasteiger partial charge is 0.611 e. The van der Waals surface area contributed by atoms with E-state index < -0.39 is 11.2 Å². The summed E-state index contributed by atoms with van der Waals surface area (Å²) in [6.45, 7) is 10.6. The Hall–Kier alpha value is -4.15. The van der Waals surface area contributed by atoms with Gasteiger partial charge in [-0.2, -0.15) is 0 Å². The molecule has 0 aliphatic carbocycles. The predicted octanol–water partition coefficient (Wildman–Crippen LogP) is 8.92. The molecule has 4 aromatic rings. The highest BCUT2D eigenvalue weighted by Gasteiger charge is 2.24. The minimum atomic E-state index is -1.23. The average molecular weight is 736 g/mol. The first-order chi connectivity index (χ1) is 25.9. The molecular weight excluding hydrogens is 683 g/mol. The maximum Gasteiger partial charge on any atom is 0.251 e. The Morgan fingerprint density at radius 3 is 2.57 bits per heavy atom. The van der Waals surface area contributed by atoms with Crippen LogP contribution >= 0.6 is 0 Å². The smallest absolute Gasteiger partial charge is 0.251 e. The fraction of sp³-hybridized carbons (Fsp3) is 0.409. The van der Waals surface area contributed by atoms with E-state index in [4.69, 9.17) is 14.2 Å². The third-order valence-electron chi connectivity index (χ3n) is 10.0. The van der Waals surface area contributed by atoms with Crippen LogP contribution in [0.5, 0.6) is 5.75 Å². The van der Waals surface area contributed by atoms with Crippen LogP contribution in [0.2, 0.25) is 0 Å². The van der Waals surface area contributed by atoms with Gasteiger partial charge in [0, 0.05) is 60.7 Å². The Balaban J connectivity index is 1.18. The second-order valence-electron chi connectivity index (χ2n) is 13.8. The van der Waals surface area contributed by atoms with E-state index in [1.54, 1.807) is 0 Å². The number of carbonyl (C=O) groups is 1. The van der Waals surface area contributed by atoms with E-state index in [2.05, 4.69) is 65.5 Å². The lowest BCUT2D eigenvalue weighted by atomic mass is 9.96. The van der Waals surface area contributed by atoms with E-state index in [1.165, 1.54) is 5.56 Å². The lowest BCUT2D eigenvalue weighted by Gasteiger charge is -2.31. The number of fused-ring (bicyclic) bond motifs is 1. The molecule has 9 heteroatoms. The molecule has 3 aromatic carbocycles. The Kier molecular flexibility index (Phi) is 14.0. The van der Waals surface area contributed by atoms with Crippen molar-refractivity contribution in [1.29, 1.82) is 0 Å². The molecule has 2 atom stereocenters. The molecule has 0 unspecified atom stereocenters. The van der Waals surface area contributed by atoms with E-state index in [-0.39, 0.29) is 12.0 Å². The highest BCUT2D eigenvalue weighted by atomic mass is 32.2. The molecule has 3 heterocycles. The van der Waals surface area contributed by atoms with Crippen molar-refractivity contribution >= 4 is 34.5 Å². The third-order valence-corrected chi connectivity index (χ3v) is 11.4. The number of aryl methyl sites for hydroxylation is 2. The zero-order valence-corrected chi connectivity index (χ0v) is 32.2. The lowest BCUT2D eigenvalue weighted by molar-refractivity contribution is -0.112. The molecule has 1 aromatic heterocycles. The Bertz CT molecular complexity index is 1820. The molecule has 0 radical (unpaired) electrons. The van der Waals surface area contributed by atoms with Crippen LogP contribution < -0.4 is 15.0 Å². The van der Waals surface area contributed by atoms with Gasteiger partial charge in [0.1, 0.15) is 18.1 Å². The predicted molar refractivity (Wildman–Crippen MR) is 215 cm³/mol. The van der Waals surface area contributed by atoms with Crippen molar-refractivity contribution in [2.24, 2.45) is 0 Å². The first-order valence-corrected chi connectivity index (χ1v) is 20.5. The number of unbranched alkanes of at least 4 members (excludes halogenated alkanes) is 1. The summed E-state index contributed by atoms with van der Waals surface area (Å²) < 4.78 is 30.9. The minimum absolute atomic E-state index is 0.124. The molecule has 2 aliphatic heterocycles. The van der Waals surface area contributed by atoms with Gasteiger partial charge in [0.15, 0.2) is 4.90 Å². The maximum atomic E-state index is 13.8. The number of rotatable bonds is 16.